The third-order valence-electron chi connectivity index (χ3n) is 4.61. The number of piperidine rings is 1. The standard InChI is InChI=1S/C14H21F3N4/c15-14(16,17)13-8-11(19-20-13)9-21-6-3-10(4-7-21)12-2-1-5-18-12/h8,10,12,18H,1-7,9H2,(H,19,20). The zero-order valence-corrected chi connectivity index (χ0v) is 11.9. The molecule has 21 heavy (non-hydrogen) atoms. The monoisotopic (exact) mass is 302 g/mol. The summed E-state index contributed by atoms with van der Waals surface area (Å²) in [6.45, 7) is 3.54. The summed E-state index contributed by atoms with van der Waals surface area (Å²) in [5.41, 5.74) is -0.290. The van der Waals surface area contributed by atoms with Gasteiger partial charge in [0.05, 0.1) is 0 Å². The Hall–Kier alpha value is -1.08. The third-order valence-corrected chi connectivity index (χ3v) is 4.61. The number of nitrogens with zero attached hydrogens (tertiary/aromatic N) is 2. The van der Waals surface area contributed by atoms with E-state index in [1.54, 1.807) is 0 Å². The number of hydrogen-bond donors (Lipinski definition) is 2. The van der Waals surface area contributed by atoms with E-state index in [0.29, 0.717) is 18.3 Å². The summed E-state index contributed by atoms with van der Waals surface area (Å²) in [4.78, 5) is 2.21. The van der Waals surface area contributed by atoms with Gasteiger partial charge in [-0.1, -0.05) is 0 Å². The fourth-order valence-electron chi connectivity index (χ4n) is 3.46. The second kappa shape index (κ2) is 5.96. The molecule has 0 amide bonds. The summed E-state index contributed by atoms with van der Waals surface area (Å²) >= 11 is 0. The minimum absolute atomic E-state index is 0.522. The van der Waals surface area contributed by atoms with E-state index >= 15 is 0 Å². The Bertz CT molecular complexity index is 457. The molecule has 3 heterocycles. The maximum Gasteiger partial charge on any atom is 0.435 e. The van der Waals surface area contributed by atoms with Gasteiger partial charge in [0.2, 0.25) is 0 Å². The highest BCUT2D eigenvalue weighted by Crippen LogP contribution is 2.29. The van der Waals surface area contributed by atoms with Gasteiger partial charge in [0.15, 0.2) is 5.69 Å². The van der Waals surface area contributed by atoms with Crippen molar-refractivity contribution < 1.29 is 13.2 Å². The van der Waals surface area contributed by atoms with Crippen molar-refractivity contribution in [2.45, 2.75) is 44.4 Å². The lowest BCUT2D eigenvalue weighted by Crippen LogP contribution is -2.40. The molecule has 1 atom stereocenters. The largest absolute Gasteiger partial charge is 0.435 e. The van der Waals surface area contributed by atoms with Crippen molar-refractivity contribution in [3.05, 3.63) is 17.5 Å². The van der Waals surface area contributed by atoms with Crippen LogP contribution in [-0.4, -0.2) is 40.8 Å². The molecule has 2 saturated heterocycles. The van der Waals surface area contributed by atoms with E-state index in [9.17, 15) is 13.2 Å². The molecular formula is C14H21F3N4. The average Bonchev–Trinajstić information content (AvgIpc) is 3.09. The molecule has 0 saturated carbocycles. The van der Waals surface area contributed by atoms with Gasteiger partial charge in [0.1, 0.15) is 0 Å². The van der Waals surface area contributed by atoms with Crippen molar-refractivity contribution in [1.82, 2.24) is 20.4 Å². The second-order valence-corrected chi connectivity index (χ2v) is 6.09. The molecule has 2 N–H and O–H groups in total. The molecule has 7 heteroatoms. The lowest BCUT2D eigenvalue weighted by Gasteiger charge is -2.34. The lowest BCUT2D eigenvalue weighted by atomic mass is 9.88. The van der Waals surface area contributed by atoms with Gasteiger partial charge in [0.25, 0.3) is 0 Å². The number of nitrogens with one attached hydrogen (secondary N) is 2. The summed E-state index contributed by atoms with van der Waals surface area (Å²) in [6.07, 6.45) is 0.408. The Balaban J connectivity index is 1.50. The zero-order chi connectivity index (χ0) is 14.9. The van der Waals surface area contributed by atoms with Gasteiger partial charge in [-0.05, 0) is 57.3 Å². The van der Waals surface area contributed by atoms with E-state index in [1.165, 1.54) is 12.8 Å². The Kier molecular flexibility index (Phi) is 4.21. The smallest absolute Gasteiger partial charge is 0.314 e. The van der Waals surface area contributed by atoms with E-state index < -0.39 is 11.9 Å². The van der Waals surface area contributed by atoms with Crippen LogP contribution in [0, 0.1) is 5.92 Å². The first-order valence-corrected chi connectivity index (χ1v) is 7.59. The summed E-state index contributed by atoms with van der Waals surface area (Å²) < 4.78 is 37.5. The van der Waals surface area contributed by atoms with Gasteiger partial charge in [-0.25, -0.2) is 0 Å². The minimum Gasteiger partial charge on any atom is -0.314 e. The number of aromatic amines is 1. The molecule has 1 aromatic heterocycles. The minimum atomic E-state index is -4.37. The molecule has 0 radical (unpaired) electrons. The molecule has 1 aromatic rings. The van der Waals surface area contributed by atoms with E-state index in [1.807, 2.05) is 0 Å². The predicted octanol–water partition coefficient (Wildman–Crippen LogP) is 2.39. The highest BCUT2D eigenvalue weighted by atomic mass is 19.4. The molecule has 118 valence electrons. The number of likely N-dealkylation sites (tertiary alicyclic amines) is 1. The first kappa shape index (κ1) is 14.8. The van der Waals surface area contributed by atoms with Gasteiger partial charge >= 0.3 is 6.18 Å². The van der Waals surface area contributed by atoms with Crippen LogP contribution in [0.2, 0.25) is 0 Å². The third kappa shape index (κ3) is 3.58. The van der Waals surface area contributed by atoms with E-state index in [2.05, 4.69) is 20.4 Å². The van der Waals surface area contributed by atoms with Gasteiger partial charge in [-0.15, -0.1) is 0 Å². The lowest BCUT2D eigenvalue weighted by molar-refractivity contribution is -0.141. The zero-order valence-electron chi connectivity index (χ0n) is 11.9. The van der Waals surface area contributed by atoms with Gasteiger partial charge in [0, 0.05) is 18.3 Å². The van der Waals surface area contributed by atoms with Crippen LogP contribution in [-0.2, 0) is 12.7 Å². The molecule has 2 aliphatic heterocycles. The Morgan fingerprint density at radius 2 is 2.00 bits per heavy atom. The van der Waals surface area contributed by atoms with Crippen LogP contribution in [0.25, 0.3) is 0 Å². The van der Waals surface area contributed by atoms with Crippen molar-refractivity contribution in [2.75, 3.05) is 19.6 Å². The van der Waals surface area contributed by atoms with Crippen LogP contribution < -0.4 is 5.32 Å². The first-order chi connectivity index (χ1) is 10.0. The maximum absolute atomic E-state index is 12.5. The second-order valence-electron chi connectivity index (χ2n) is 6.09. The molecule has 3 rings (SSSR count). The summed E-state index contributed by atoms with van der Waals surface area (Å²) in [6, 6.07) is 1.76. The molecule has 4 nitrogen and oxygen atoms in total. The number of hydrogen-bond acceptors (Lipinski definition) is 3. The van der Waals surface area contributed by atoms with Crippen molar-refractivity contribution in [2.24, 2.45) is 5.92 Å². The average molecular weight is 302 g/mol. The Morgan fingerprint density at radius 1 is 1.24 bits per heavy atom. The highest BCUT2D eigenvalue weighted by molar-refractivity contribution is 5.11. The molecule has 0 bridgehead atoms. The Labute approximate surface area is 122 Å². The molecule has 0 aliphatic carbocycles. The number of aromatic nitrogens is 2. The fourth-order valence-corrected chi connectivity index (χ4v) is 3.46. The van der Waals surface area contributed by atoms with Crippen LogP contribution in [0.15, 0.2) is 6.07 Å². The topological polar surface area (TPSA) is 44.0 Å². The SMILES string of the molecule is FC(F)(F)c1cc(CN2CCC(C3CCCN3)CC2)[nH]n1. The van der Waals surface area contributed by atoms with Crippen molar-refractivity contribution >= 4 is 0 Å². The van der Waals surface area contributed by atoms with Crippen molar-refractivity contribution in [1.29, 1.82) is 0 Å². The number of H-pyrrole nitrogens is 1. The van der Waals surface area contributed by atoms with Crippen molar-refractivity contribution in [3.8, 4) is 0 Å². The molecule has 1 unspecified atom stereocenters. The molecule has 0 spiro atoms. The van der Waals surface area contributed by atoms with Crippen molar-refractivity contribution in [3.63, 3.8) is 0 Å². The molecule has 0 aromatic carbocycles. The molecule has 2 fully saturated rings. The fraction of sp³-hybridized carbons (Fsp3) is 0.786. The normalized spacial score (nSPS) is 25.6. The quantitative estimate of drug-likeness (QED) is 0.901. The highest BCUT2D eigenvalue weighted by Gasteiger charge is 2.34. The van der Waals surface area contributed by atoms with Gasteiger partial charge in [-0.2, -0.15) is 18.3 Å². The van der Waals surface area contributed by atoms with Gasteiger partial charge < -0.3 is 5.32 Å². The molecule has 2 aliphatic rings. The van der Waals surface area contributed by atoms with Crippen LogP contribution in [0.3, 0.4) is 0 Å². The van der Waals surface area contributed by atoms with E-state index in [0.717, 1.165) is 44.5 Å². The number of rotatable bonds is 3. The maximum atomic E-state index is 12.5. The van der Waals surface area contributed by atoms with Crippen LogP contribution in [0.5, 0.6) is 0 Å². The van der Waals surface area contributed by atoms with Gasteiger partial charge in [-0.3, -0.25) is 10.00 Å². The number of halogens is 3. The number of alkyl halides is 3. The predicted molar refractivity (Wildman–Crippen MR) is 72.6 cm³/mol. The van der Waals surface area contributed by atoms with Crippen LogP contribution in [0.4, 0.5) is 13.2 Å². The van der Waals surface area contributed by atoms with E-state index in [-0.39, 0.29) is 0 Å². The van der Waals surface area contributed by atoms with E-state index in [4.69, 9.17) is 0 Å². The van der Waals surface area contributed by atoms with Crippen LogP contribution in [0.1, 0.15) is 37.1 Å². The summed E-state index contributed by atoms with van der Waals surface area (Å²) in [5, 5.41) is 9.40. The Morgan fingerprint density at radius 3 is 2.57 bits per heavy atom. The molecular weight excluding hydrogens is 281 g/mol. The summed E-state index contributed by atoms with van der Waals surface area (Å²) in [5.74, 6) is 0.719. The first-order valence-electron chi connectivity index (χ1n) is 7.59. The van der Waals surface area contributed by atoms with Crippen LogP contribution >= 0.6 is 0 Å². The summed E-state index contributed by atoms with van der Waals surface area (Å²) in [7, 11) is 0.